The topological polar surface area (TPSA) is 0 Å². The second-order valence-electron chi connectivity index (χ2n) is 9.62. The quantitative estimate of drug-likeness (QED) is 0.174. The van der Waals surface area contributed by atoms with Gasteiger partial charge in [-0.15, -0.1) is 34.0 Å². The lowest BCUT2D eigenvalue weighted by molar-refractivity contribution is 1.75. The maximum Gasteiger partial charge on any atom is 0.0636 e. The molecule has 0 aliphatic carbocycles. The molecule has 7 rings (SSSR count). The Kier molecular flexibility index (Phi) is 6.39. The minimum absolute atomic E-state index is 1.32. The van der Waals surface area contributed by atoms with Crippen molar-refractivity contribution in [1.82, 2.24) is 0 Å². The summed E-state index contributed by atoms with van der Waals surface area (Å²) in [5.41, 5.74) is 0. The summed E-state index contributed by atoms with van der Waals surface area (Å²) in [5, 5.41) is 12.9. The average Bonchev–Trinajstić information content (AvgIpc) is 3.71. The van der Waals surface area contributed by atoms with Crippen LogP contribution in [0.15, 0.2) is 132 Å². The maximum atomic E-state index is 5.05. The molecule has 3 heterocycles. The zero-order chi connectivity index (χ0) is 26.5. The second kappa shape index (κ2) is 9.93. The van der Waals surface area contributed by atoms with Crippen LogP contribution in [0.25, 0.3) is 18.8 Å². The Morgan fingerprint density at radius 1 is 0.385 bits per heavy atom. The van der Waals surface area contributed by atoms with Gasteiger partial charge in [-0.25, -0.2) is 0 Å². The minimum Gasteiger partial charge on any atom is -0.141 e. The van der Waals surface area contributed by atoms with Crippen LogP contribution in [0.3, 0.4) is 0 Å². The van der Waals surface area contributed by atoms with Crippen molar-refractivity contribution in [2.75, 3.05) is 0 Å². The van der Waals surface area contributed by atoms with Crippen LogP contribution in [0.2, 0.25) is 0 Å². The Balaban J connectivity index is 1.50. The fourth-order valence-corrected chi connectivity index (χ4v) is 17.4. The molecule has 5 heteroatoms. The van der Waals surface area contributed by atoms with E-state index in [9.17, 15) is 0 Å². The minimum atomic E-state index is -2.06. The summed E-state index contributed by atoms with van der Waals surface area (Å²) in [6.07, 6.45) is 10.1. The molecule has 0 fully saturated rings. The van der Waals surface area contributed by atoms with Gasteiger partial charge in [-0.3, -0.25) is 0 Å². The molecule has 0 unspecified atom stereocenters. The highest BCUT2D eigenvalue weighted by atomic mass is 32.1. The molecule has 7 aromatic rings. The standard InChI is InChI=1S/C34H26P2S3/c1-35(25-15-7-3-8-16-25,26-17-9-4-10-18-26)29-23-37-33-31(29)39-32-30(24-38-34(32)33)36(2,27-19-11-5-12-20-27)28-21-13-6-14-22-28/h3-24H,1-2H2. The van der Waals surface area contributed by atoms with Crippen LogP contribution in [-0.2, 0) is 0 Å². The first-order chi connectivity index (χ1) is 19.1. The van der Waals surface area contributed by atoms with Crippen molar-refractivity contribution in [3.63, 3.8) is 0 Å². The first kappa shape index (κ1) is 25.1. The van der Waals surface area contributed by atoms with E-state index in [1.165, 1.54) is 50.6 Å². The van der Waals surface area contributed by atoms with E-state index in [0.717, 1.165) is 0 Å². The molecular weight excluding hydrogens is 567 g/mol. The summed E-state index contributed by atoms with van der Waals surface area (Å²) >= 11 is 5.72. The van der Waals surface area contributed by atoms with E-state index >= 15 is 0 Å². The van der Waals surface area contributed by atoms with Gasteiger partial charge < -0.3 is 0 Å². The van der Waals surface area contributed by atoms with E-state index in [1.807, 2.05) is 34.0 Å². The summed E-state index contributed by atoms with van der Waals surface area (Å²) in [5.74, 6) is 0. The fourth-order valence-electron chi connectivity index (χ4n) is 5.40. The fraction of sp³-hybridized carbons (Fsp3) is 0. The number of benzene rings is 4. The Hall–Kier alpha value is -2.90. The van der Waals surface area contributed by atoms with Gasteiger partial charge in [0, 0.05) is 21.4 Å². The molecule has 0 atom stereocenters. The van der Waals surface area contributed by atoms with Crippen molar-refractivity contribution in [2.45, 2.75) is 0 Å². The number of fused-ring (bicyclic) bond motifs is 3. The van der Waals surface area contributed by atoms with Crippen molar-refractivity contribution in [3.05, 3.63) is 132 Å². The lowest BCUT2D eigenvalue weighted by atomic mass is 10.4. The summed E-state index contributed by atoms with van der Waals surface area (Å²) in [4.78, 5) is 0. The Bertz CT molecular complexity index is 1770. The molecular formula is C34H26P2S3. The number of thiophene rings is 3. The average molecular weight is 593 g/mol. The van der Waals surface area contributed by atoms with Gasteiger partial charge in [0.25, 0.3) is 0 Å². The first-order valence-electron chi connectivity index (χ1n) is 12.7. The lowest BCUT2D eigenvalue weighted by Gasteiger charge is -2.26. The van der Waals surface area contributed by atoms with Gasteiger partial charge in [0.1, 0.15) is 0 Å². The Labute approximate surface area is 241 Å². The third-order valence-corrected chi connectivity index (χ3v) is 18.8. The van der Waals surface area contributed by atoms with E-state index in [4.69, 9.17) is 12.6 Å². The van der Waals surface area contributed by atoms with Gasteiger partial charge in [0.05, 0.1) is 18.8 Å². The SMILES string of the molecule is C=P(c1ccccc1)(c1ccccc1)c1csc2c1sc1c(P(=C)(c3ccccc3)c3ccccc3)csc12. The highest BCUT2D eigenvalue weighted by Crippen LogP contribution is 2.52. The summed E-state index contributed by atoms with van der Waals surface area (Å²) < 4.78 is 5.58. The molecule has 0 saturated heterocycles. The lowest BCUT2D eigenvalue weighted by Crippen LogP contribution is -2.24. The molecule has 0 nitrogen and oxygen atoms in total. The molecule has 190 valence electrons. The highest BCUT2D eigenvalue weighted by molar-refractivity contribution is 7.95. The van der Waals surface area contributed by atoms with Crippen molar-refractivity contribution < 1.29 is 0 Å². The molecule has 0 aliphatic heterocycles. The first-order valence-corrected chi connectivity index (χ1v) is 19.3. The predicted molar refractivity (Wildman–Crippen MR) is 187 cm³/mol. The van der Waals surface area contributed by atoms with E-state index < -0.39 is 13.8 Å². The number of hydrogen-bond acceptors (Lipinski definition) is 3. The van der Waals surface area contributed by atoms with Gasteiger partial charge in [-0.2, -0.15) is 0 Å². The number of hydrogen-bond donors (Lipinski definition) is 0. The van der Waals surface area contributed by atoms with E-state index in [-0.39, 0.29) is 0 Å². The van der Waals surface area contributed by atoms with E-state index in [2.05, 4.69) is 132 Å². The predicted octanol–water partition coefficient (Wildman–Crippen LogP) is 7.63. The van der Waals surface area contributed by atoms with Crippen LogP contribution in [0, 0.1) is 0 Å². The van der Waals surface area contributed by atoms with Crippen LogP contribution in [0.5, 0.6) is 0 Å². The monoisotopic (exact) mass is 592 g/mol. The highest BCUT2D eigenvalue weighted by Gasteiger charge is 2.30. The molecule has 0 N–H and O–H groups in total. The molecule has 0 aliphatic rings. The molecule has 3 aromatic heterocycles. The van der Waals surface area contributed by atoms with Gasteiger partial charge in [0.2, 0.25) is 0 Å². The van der Waals surface area contributed by atoms with Gasteiger partial charge in [0.15, 0.2) is 0 Å². The van der Waals surface area contributed by atoms with Crippen LogP contribution < -0.4 is 31.8 Å². The van der Waals surface area contributed by atoms with Gasteiger partial charge in [-0.1, -0.05) is 134 Å². The third kappa shape index (κ3) is 3.92. The summed E-state index contributed by atoms with van der Waals surface area (Å²) in [6, 6.07) is 43.6. The number of rotatable bonds is 6. The molecule has 0 radical (unpaired) electrons. The largest absolute Gasteiger partial charge is 0.141 e. The van der Waals surface area contributed by atoms with Crippen molar-refractivity contribution >= 4 is 111 Å². The van der Waals surface area contributed by atoms with Gasteiger partial charge in [-0.05, 0) is 35.0 Å². The van der Waals surface area contributed by atoms with Crippen LogP contribution in [-0.4, -0.2) is 12.6 Å². The molecule has 0 bridgehead atoms. The van der Waals surface area contributed by atoms with E-state index in [1.54, 1.807) is 0 Å². The van der Waals surface area contributed by atoms with Crippen LogP contribution >= 0.6 is 47.8 Å². The Morgan fingerprint density at radius 3 is 0.949 bits per heavy atom. The molecule has 4 aromatic carbocycles. The third-order valence-electron chi connectivity index (χ3n) is 7.48. The Morgan fingerprint density at radius 2 is 0.667 bits per heavy atom. The molecule has 0 amide bonds. The van der Waals surface area contributed by atoms with Gasteiger partial charge >= 0.3 is 0 Å². The van der Waals surface area contributed by atoms with E-state index in [0.29, 0.717) is 0 Å². The second-order valence-corrected chi connectivity index (χ2v) is 18.7. The smallest absolute Gasteiger partial charge is 0.0636 e. The molecule has 0 saturated carbocycles. The van der Waals surface area contributed by atoms with Crippen LogP contribution in [0.1, 0.15) is 0 Å². The zero-order valence-electron chi connectivity index (χ0n) is 21.2. The normalized spacial score (nSPS) is 12.3. The maximum absolute atomic E-state index is 5.05. The summed E-state index contributed by atoms with van der Waals surface area (Å²) in [6.45, 7) is -4.12. The van der Waals surface area contributed by atoms with Crippen molar-refractivity contribution in [2.24, 2.45) is 0 Å². The van der Waals surface area contributed by atoms with Crippen LogP contribution in [0.4, 0.5) is 0 Å². The summed E-state index contributed by atoms with van der Waals surface area (Å²) in [7, 11) is 0. The van der Waals surface area contributed by atoms with Crippen molar-refractivity contribution in [1.29, 1.82) is 0 Å². The molecule has 0 spiro atoms. The van der Waals surface area contributed by atoms with Crippen molar-refractivity contribution in [3.8, 4) is 0 Å². The molecule has 39 heavy (non-hydrogen) atoms. The zero-order valence-corrected chi connectivity index (χ0v) is 25.5.